The second-order valence-electron chi connectivity index (χ2n) is 15.9. The van der Waals surface area contributed by atoms with Crippen LogP contribution in [0.4, 0.5) is 0 Å². The maximum absolute atomic E-state index is 5.42. The first-order chi connectivity index (χ1) is 30.8. The summed E-state index contributed by atoms with van der Waals surface area (Å²) >= 11 is 0. The van der Waals surface area contributed by atoms with Crippen LogP contribution in [0.2, 0.25) is 0 Å². The van der Waals surface area contributed by atoms with Crippen LogP contribution in [0, 0.1) is 0 Å². The lowest BCUT2D eigenvalue weighted by Gasteiger charge is -2.14. The van der Waals surface area contributed by atoms with Crippen molar-refractivity contribution >= 4 is 49.2 Å². The molecule has 0 unspecified atom stereocenters. The molecule has 0 saturated heterocycles. The molecule has 11 aromatic rings. The molecule has 0 atom stereocenters. The van der Waals surface area contributed by atoms with Gasteiger partial charge in [-0.25, -0.2) is 4.98 Å². The Morgan fingerprint density at radius 1 is 0.403 bits per heavy atom. The van der Waals surface area contributed by atoms with Crippen LogP contribution in [0.3, 0.4) is 0 Å². The van der Waals surface area contributed by atoms with Crippen molar-refractivity contribution in [2.24, 2.45) is 0 Å². The number of hydrogen-bond donors (Lipinski definition) is 0. The van der Waals surface area contributed by atoms with Gasteiger partial charge in [-0.3, -0.25) is 4.57 Å². The van der Waals surface area contributed by atoms with E-state index < -0.39 is 0 Å². The van der Waals surface area contributed by atoms with Crippen LogP contribution in [0.15, 0.2) is 212 Å². The van der Waals surface area contributed by atoms with Gasteiger partial charge in [-0.2, -0.15) is 9.97 Å². The monoisotopic (exact) mass is 793 g/mol. The molecule has 5 heteroatoms. The summed E-state index contributed by atoms with van der Waals surface area (Å²) in [6, 6.07) is 69.0. The summed E-state index contributed by atoms with van der Waals surface area (Å²) in [5.41, 5.74) is 14.5. The molecular weight excluding hydrogens is 755 g/mol. The zero-order valence-corrected chi connectivity index (χ0v) is 33.9. The van der Waals surface area contributed by atoms with Crippen molar-refractivity contribution < 1.29 is 0 Å². The Bertz CT molecular complexity index is 3570. The summed E-state index contributed by atoms with van der Waals surface area (Å²) in [7, 11) is 0. The average Bonchev–Trinajstić information content (AvgIpc) is 3.88. The molecule has 0 N–H and O–H groups in total. The summed E-state index contributed by atoms with van der Waals surface area (Å²) in [6.07, 6.45) is 8.75. The number of rotatable bonds is 7. The van der Waals surface area contributed by atoms with Crippen molar-refractivity contribution in [1.82, 2.24) is 24.1 Å². The first-order valence-electron chi connectivity index (χ1n) is 21.3. The largest absolute Gasteiger partial charge is 0.309 e. The van der Waals surface area contributed by atoms with Gasteiger partial charge in [0.05, 0.1) is 27.8 Å². The topological polar surface area (TPSA) is 48.5 Å². The Labute approximate surface area is 359 Å². The molecule has 0 saturated carbocycles. The molecule has 3 heterocycles. The number of para-hydroxylation sites is 3. The van der Waals surface area contributed by atoms with Crippen molar-refractivity contribution in [1.29, 1.82) is 0 Å². The molecule has 0 bridgehead atoms. The summed E-state index contributed by atoms with van der Waals surface area (Å²) in [5.74, 6) is 1.80. The normalized spacial score (nSPS) is 12.7. The Morgan fingerprint density at radius 2 is 1.00 bits per heavy atom. The molecule has 0 aliphatic heterocycles. The third-order valence-corrected chi connectivity index (χ3v) is 12.3. The summed E-state index contributed by atoms with van der Waals surface area (Å²) < 4.78 is 4.69. The minimum Gasteiger partial charge on any atom is -0.309 e. The van der Waals surface area contributed by atoms with E-state index in [1.54, 1.807) is 0 Å². The number of allylic oxidation sites excluding steroid dienone is 4. The number of hydrogen-bond acceptors (Lipinski definition) is 3. The minimum atomic E-state index is 0.568. The van der Waals surface area contributed by atoms with Gasteiger partial charge >= 0.3 is 0 Å². The number of aromatic nitrogens is 5. The zero-order valence-electron chi connectivity index (χ0n) is 33.9. The molecule has 0 fully saturated rings. The van der Waals surface area contributed by atoms with E-state index in [9.17, 15) is 0 Å². The number of benzene rings is 8. The highest BCUT2D eigenvalue weighted by Gasteiger charge is 2.24. The Balaban J connectivity index is 1.12. The van der Waals surface area contributed by atoms with E-state index in [0.29, 0.717) is 17.6 Å². The zero-order chi connectivity index (χ0) is 41.0. The van der Waals surface area contributed by atoms with E-state index in [1.165, 1.54) is 22.3 Å². The lowest BCUT2D eigenvalue weighted by Crippen LogP contribution is -2.06. The van der Waals surface area contributed by atoms with E-state index in [4.69, 9.17) is 15.0 Å². The van der Waals surface area contributed by atoms with Crippen molar-refractivity contribution in [2.45, 2.75) is 12.8 Å². The second-order valence-corrected chi connectivity index (χ2v) is 15.9. The van der Waals surface area contributed by atoms with E-state index in [0.717, 1.165) is 84.4 Å². The third-order valence-electron chi connectivity index (χ3n) is 12.3. The molecule has 5 nitrogen and oxygen atoms in total. The number of nitrogens with zero attached hydrogens (tertiary/aromatic N) is 5. The molecule has 292 valence electrons. The van der Waals surface area contributed by atoms with E-state index in [2.05, 4.69) is 203 Å². The second kappa shape index (κ2) is 14.8. The maximum atomic E-state index is 5.42. The highest BCUT2D eigenvalue weighted by molar-refractivity contribution is 6.26. The maximum Gasteiger partial charge on any atom is 0.238 e. The van der Waals surface area contributed by atoms with E-state index in [1.807, 2.05) is 18.2 Å². The molecule has 8 aromatic carbocycles. The molecule has 0 spiro atoms. The van der Waals surface area contributed by atoms with Crippen LogP contribution in [0.25, 0.3) is 106 Å². The Hall–Kier alpha value is -8.15. The third kappa shape index (κ3) is 5.97. The van der Waals surface area contributed by atoms with Gasteiger partial charge in [0.1, 0.15) is 0 Å². The van der Waals surface area contributed by atoms with Crippen LogP contribution >= 0.6 is 0 Å². The standard InChI is InChI=1S/C57H39N5/c1-4-18-38(19-5-1)41-24-16-25-42(36-41)43-26-17-27-44(37-43)56-58-55(40-22-8-3-9-23-40)59-57(60-56)62-50-32-14-11-29-46(50)47-34-35-52-53(54(47)62)48-30-12-15-33-51(48)61(52)49-31-13-10-28-45(49)39-20-6-2-7-21-39/h1-4,6-18,20-37H,5,19H2. The highest BCUT2D eigenvalue weighted by atomic mass is 15.2. The van der Waals surface area contributed by atoms with Crippen LogP contribution in [-0.4, -0.2) is 24.1 Å². The first kappa shape index (κ1) is 35.8. The van der Waals surface area contributed by atoms with Gasteiger partial charge in [-0.1, -0.05) is 176 Å². The van der Waals surface area contributed by atoms with Gasteiger partial charge in [-0.05, 0) is 77.1 Å². The smallest absolute Gasteiger partial charge is 0.238 e. The van der Waals surface area contributed by atoms with Gasteiger partial charge in [0, 0.05) is 38.2 Å². The molecule has 0 radical (unpaired) electrons. The molecule has 1 aliphatic rings. The number of fused-ring (bicyclic) bond motifs is 7. The molecule has 3 aromatic heterocycles. The van der Waals surface area contributed by atoms with Crippen LogP contribution in [-0.2, 0) is 0 Å². The van der Waals surface area contributed by atoms with E-state index >= 15 is 0 Å². The van der Waals surface area contributed by atoms with Gasteiger partial charge in [0.2, 0.25) is 5.95 Å². The molecular formula is C57H39N5. The molecule has 0 amide bonds. The van der Waals surface area contributed by atoms with Crippen molar-refractivity contribution in [3.05, 3.63) is 218 Å². The predicted molar refractivity (Wildman–Crippen MR) is 257 cm³/mol. The van der Waals surface area contributed by atoms with Gasteiger partial charge in [-0.15, -0.1) is 0 Å². The fourth-order valence-electron chi connectivity index (χ4n) is 9.40. The summed E-state index contributed by atoms with van der Waals surface area (Å²) in [5, 5.41) is 4.58. The van der Waals surface area contributed by atoms with Crippen LogP contribution < -0.4 is 0 Å². The molecule has 1 aliphatic carbocycles. The van der Waals surface area contributed by atoms with Gasteiger partial charge in [0.15, 0.2) is 11.6 Å². The minimum absolute atomic E-state index is 0.568. The average molecular weight is 794 g/mol. The molecule has 62 heavy (non-hydrogen) atoms. The summed E-state index contributed by atoms with van der Waals surface area (Å²) in [4.78, 5) is 16.0. The first-order valence-corrected chi connectivity index (χ1v) is 21.3. The van der Waals surface area contributed by atoms with Gasteiger partial charge in [0.25, 0.3) is 0 Å². The van der Waals surface area contributed by atoms with Crippen molar-refractivity contribution in [3.8, 4) is 56.7 Å². The van der Waals surface area contributed by atoms with Crippen LogP contribution in [0.5, 0.6) is 0 Å². The van der Waals surface area contributed by atoms with Crippen LogP contribution in [0.1, 0.15) is 18.4 Å². The summed E-state index contributed by atoms with van der Waals surface area (Å²) in [6.45, 7) is 0. The molecule has 12 rings (SSSR count). The fraction of sp³-hybridized carbons (Fsp3) is 0.0351. The Kier molecular flexibility index (Phi) is 8.56. The highest BCUT2D eigenvalue weighted by Crippen LogP contribution is 2.43. The van der Waals surface area contributed by atoms with E-state index in [-0.39, 0.29) is 0 Å². The van der Waals surface area contributed by atoms with Crippen molar-refractivity contribution in [2.75, 3.05) is 0 Å². The lowest BCUT2D eigenvalue weighted by molar-refractivity contribution is 0.955. The quantitative estimate of drug-likeness (QED) is 0.161. The fourth-order valence-corrected chi connectivity index (χ4v) is 9.40. The Morgan fingerprint density at radius 3 is 1.76 bits per heavy atom. The van der Waals surface area contributed by atoms with Crippen molar-refractivity contribution in [3.63, 3.8) is 0 Å². The SMILES string of the molecule is C1=CCCC(c2cccc(-c3cccc(-c4nc(-c5ccccc5)nc(-n5c6ccccc6c6ccc7c(c8ccccc8n7-c7ccccc7-c7ccccc7)c65)n4)c3)c2)=C1. The van der Waals surface area contributed by atoms with Gasteiger partial charge < -0.3 is 4.57 Å². The predicted octanol–water partition coefficient (Wildman–Crippen LogP) is 14.5. The lowest BCUT2D eigenvalue weighted by atomic mass is 9.94.